The van der Waals surface area contributed by atoms with E-state index in [-0.39, 0.29) is 11.8 Å². The van der Waals surface area contributed by atoms with Crippen LogP contribution >= 0.6 is 0 Å². The van der Waals surface area contributed by atoms with Gasteiger partial charge in [-0.15, -0.1) is 0 Å². The molecule has 0 spiro atoms. The highest BCUT2D eigenvalue weighted by atomic mass is 16.5. The van der Waals surface area contributed by atoms with Crippen molar-refractivity contribution in [3.8, 4) is 5.75 Å². The van der Waals surface area contributed by atoms with Crippen molar-refractivity contribution in [2.24, 2.45) is 0 Å². The molecule has 0 aromatic heterocycles. The molecule has 0 saturated carbocycles. The molecule has 7 heteroatoms. The molecule has 1 fully saturated rings. The molecule has 2 aromatic carbocycles. The summed E-state index contributed by atoms with van der Waals surface area (Å²) in [6.45, 7) is 7.31. The maximum absolute atomic E-state index is 13.4. The lowest BCUT2D eigenvalue weighted by molar-refractivity contribution is -0.116. The van der Waals surface area contributed by atoms with Crippen LogP contribution in [0.4, 0.5) is 5.69 Å². The van der Waals surface area contributed by atoms with Gasteiger partial charge in [-0.1, -0.05) is 49.9 Å². The van der Waals surface area contributed by atoms with Crippen LogP contribution in [0.5, 0.6) is 5.75 Å². The molecular weight excluding hydrogens is 500 g/mol. The van der Waals surface area contributed by atoms with Gasteiger partial charge in [0.25, 0.3) is 5.91 Å². The van der Waals surface area contributed by atoms with Crippen molar-refractivity contribution < 1.29 is 14.3 Å². The van der Waals surface area contributed by atoms with E-state index in [4.69, 9.17) is 4.74 Å². The van der Waals surface area contributed by atoms with Crippen LogP contribution in [0.15, 0.2) is 48.5 Å². The number of likely N-dealkylation sites (tertiary alicyclic amines) is 1. The SMILES string of the molecule is CC(=O)N1CCCCCCCCN(C2CCN(C(=O)c3cccc(OCCN(C)C)c3)CC2)Cc2ccccc21. The monoisotopic (exact) mass is 548 g/mol. The molecule has 2 aliphatic rings. The van der Waals surface area contributed by atoms with Crippen molar-refractivity contribution in [3.63, 3.8) is 0 Å². The number of nitrogens with zero attached hydrogens (tertiary/aromatic N) is 4. The lowest BCUT2D eigenvalue weighted by atomic mass is 10.00. The second-order valence-corrected chi connectivity index (χ2v) is 11.6. The zero-order chi connectivity index (χ0) is 28.3. The molecule has 0 unspecified atom stereocenters. The lowest BCUT2D eigenvalue weighted by Gasteiger charge is -2.39. The van der Waals surface area contributed by atoms with E-state index in [1.54, 1.807) is 6.92 Å². The average Bonchev–Trinajstić information content (AvgIpc) is 2.97. The number of rotatable bonds is 6. The summed E-state index contributed by atoms with van der Waals surface area (Å²) in [6.07, 6.45) is 9.08. The van der Waals surface area contributed by atoms with Crippen LogP contribution < -0.4 is 9.64 Å². The minimum absolute atomic E-state index is 0.0869. The number of para-hydroxylation sites is 1. The van der Waals surface area contributed by atoms with Gasteiger partial charge in [-0.3, -0.25) is 14.5 Å². The van der Waals surface area contributed by atoms with E-state index in [9.17, 15) is 9.59 Å². The number of amides is 2. The summed E-state index contributed by atoms with van der Waals surface area (Å²) >= 11 is 0. The summed E-state index contributed by atoms with van der Waals surface area (Å²) in [5, 5.41) is 0. The molecule has 2 heterocycles. The van der Waals surface area contributed by atoms with Gasteiger partial charge in [-0.2, -0.15) is 0 Å². The van der Waals surface area contributed by atoms with E-state index in [1.807, 2.05) is 54.2 Å². The zero-order valence-corrected chi connectivity index (χ0v) is 24.8. The lowest BCUT2D eigenvalue weighted by Crippen LogP contribution is -2.47. The number of likely N-dealkylation sites (N-methyl/N-ethyl adjacent to an activating group) is 1. The minimum Gasteiger partial charge on any atom is -0.492 e. The van der Waals surface area contributed by atoms with Crippen LogP contribution in [0.1, 0.15) is 74.2 Å². The molecule has 7 nitrogen and oxygen atoms in total. The first-order valence-electron chi connectivity index (χ1n) is 15.2. The number of benzene rings is 2. The van der Waals surface area contributed by atoms with Gasteiger partial charge < -0.3 is 19.4 Å². The summed E-state index contributed by atoms with van der Waals surface area (Å²) in [6, 6.07) is 16.4. The molecule has 0 radical (unpaired) electrons. The van der Waals surface area contributed by atoms with Crippen LogP contribution in [0, 0.1) is 0 Å². The molecule has 0 atom stereocenters. The molecule has 218 valence electrons. The molecule has 0 bridgehead atoms. The molecule has 2 aromatic rings. The van der Waals surface area contributed by atoms with Crippen LogP contribution in [-0.2, 0) is 11.3 Å². The number of anilines is 1. The van der Waals surface area contributed by atoms with Gasteiger partial charge in [0.05, 0.1) is 0 Å². The number of ether oxygens (including phenoxy) is 1. The summed E-state index contributed by atoms with van der Waals surface area (Å²) in [4.78, 5) is 34.7. The second kappa shape index (κ2) is 15.2. The summed E-state index contributed by atoms with van der Waals surface area (Å²) in [5.41, 5.74) is 2.97. The highest BCUT2D eigenvalue weighted by molar-refractivity contribution is 5.94. The molecule has 2 amide bonds. The fourth-order valence-corrected chi connectivity index (χ4v) is 5.94. The molecule has 4 rings (SSSR count). The van der Waals surface area contributed by atoms with Crippen LogP contribution in [0.25, 0.3) is 0 Å². The van der Waals surface area contributed by atoms with E-state index in [0.29, 0.717) is 18.2 Å². The van der Waals surface area contributed by atoms with E-state index >= 15 is 0 Å². The summed E-state index contributed by atoms with van der Waals surface area (Å²) in [5.74, 6) is 0.952. The van der Waals surface area contributed by atoms with Gasteiger partial charge in [-0.25, -0.2) is 0 Å². The van der Waals surface area contributed by atoms with E-state index in [2.05, 4.69) is 28.0 Å². The molecule has 40 heavy (non-hydrogen) atoms. The topological polar surface area (TPSA) is 56.3 Å². The smallest absolute Gasteiger partial charge is 0.253 e. The van der Waals surface area contributed by atoms with Gasteiger partial charge in [-0.05, 0) is 76.2 Å². The first kappa shape index (κ1) is 30.1. The Morgan fingerprint density at radius 3 is 2.30 bits per heavy atom. The maximum Gasteiger partial charge on any atom is 0.253 e. The van der Waals surface area contributed by atoms with Gasteiger partial charge >= 0.3 is 0 Å². The van der Waals surface area contributed by atoms with Crippen molar-refractivity contribution in [1.29, 1.82) is 0 Å². The molecule has 1 saturated heterocycles. The predicted octanol–water partition coefficient (Wildman–Crippen LogP) is 5.44. The molecule has 0 N–H and O–H groups in total. The molecule has 0 aliphatic carbocycles. The number of piperidine rings is 1. The quantitative estimate of drug-likeness (QED) is 0.481. The van der Waals surface area contributed by atoms with Crippen molar-refractivity contribution in [1.82, 2.24) is 14.7 Å². The first-order chi connectivity index (χ1) is 19.4. The van der Waals surface area contributed by atoms with Gasteiger partial charge in [0.15, 0.2) is 0 Å². The van der Waals surface area contributed by atoms with Gasteiger partial charge in [0.1, 0.15) is 12.4 Å². The fraction of sp³-hybridized carbons (Fsp3) is 0.576. The van der Waals surface area contributed by atoms with E-state index in [1.165, 1.54) is 37.7 Å². The number of hydrogen-bond donors (Lipinski definition) is 0. The Kier molecular flexibility index (Phi) is 11.4. The number of carbonyl (C=O) groups is 2. The van der Waals surface area contributed by atoms with E-state index in [0.717, 1.165) is 70.0 Å². The third-order valence-electron chi connectivity index (χ3n) is 8.27. The summed E-state index contributed by atoms with van der Waals surface area (Å²) in [7, 11) is 4.04. The largest absolute Gasteiger partial charge is 0.492 e. The molecule has 2 aliphatic heterocycles. The fourth-order valence-electron chi connectivity index (χ4n) is 5.94. The Hall–Kier alpha value is -2.90. The van der Waals surface area contributed by atoms with Crippen LogP contribution in [-0.4, -0.2) is 86.0 Å². The third kappa shape index (κ3) is 8.55. The predicted molar refractivity (Wildman–Crippen MR) is 162 cm³/mol. The van der Waals surface area contributed by atoms with Gasteiger partial charge in [0.2, 0.25) is 5.91 Å². The Bertz CT molecular complexity index is 1100. The number of fused-ring (bicyclic) bond motifs is 1. The molecular formula is C33H48N4O3. The standard InChI is InChI=1S/C33H48N4O3/c1-27(38)37-20-11-7-5-4-6-10-19-36(26-29-13-8-9-16-32(29)37)30-17-21-35(22-18-30)33(39)28-14-12-15-31(25-28)40-24-23-34(2)3/h8-9,12-16,25,30H,4-7,10-11,17-24,26H2,1-3H3. The Labute approximate surface area is 241 Å². The highest BCUT2D eigenvalue weighted by Gasteiger charge is 2.28. The van der Waals surface area contributed by atoms with Gasteiger partial charge in [0, 0.05) is 56.9 Å². The normalized spacial score (nSPS) is 18.4. The highest BCUT2D eigenvalue weighted by Crippen LogP contribution is 2.28. The first-order valence-corrected chi connectivity index (χ1v) is 15.2. The third-order valence-corrected chi connectivity index (χ3v) is 8.27. The zero-order valence-electron chi connectivity index (χ0n) is 24.8. The van der Waals surface area contributed by atoms with Crippen LogP contribution in [0.2, 0.25) is 0 Å². The minimum atomic E-state index is 0.0869. The van der Waals surface area contributed by atoms with E-state index < -0.39 is 0 Å². The van der Waals surface area contributed by atoms with Crippen molar-refractivity contribution in [3.05, 3.63) is 59.7 Å². The Morgan fingerprint density at radius 2 is 1.57 bits per heavy atom. The van der Waals surface area contributed by atoms with Crippen molar-refractivity contribution >= 4 is 17.5 Å². The number of carbonyl (C=O) groups excluding carboxylic acids is 2. The van der Waals surface area contributed by atoms with Crippen molar-refractivity contribution in [2.45, 2.75) is 70.9 Å². The Balaban J connectivity index is 1.42. The average molecular weight is 549 g/mol. The van der Waals surface area contributed by atoms with Crippen LogP contribution in [0.3, 0.4) is 0 Å². The summed E-state index contributed by atoms with van der Waals surface area (Å²) < 4.78 is 5.86. The number of hydrogen-bond acceptors (Lipinski definition) is 5. The second-order valence-electron chi connectivity index (χ2n) is 11.6. The van der Waals surface area contributed by atoms with Crippen molar-refractivity contribution in [2.75, 3.05) is 58.3 Å². The Morgan fingerprint density at radius 1 is 0.875 bits per heavy atom. The maximum atomic E-state index is 13.4.